The van der Waals surface area contributed by atoms with Crippen molar-refractivity contribution in [2.24, 2.45) is 0 Å². The lowest BCUT2D eigenvalue weighted by molar-refractivity contribution is 0.313. The van der Waals surface area contributed by atoms with Crippen molar-refractivity contribution >= 4 is 28.3 Å². The lowest BCUT2D eigenvalue weighted by Gasteiger charge is -2.34. The molecule has 1 aromatic heterocycles. The molecule has 0 bridgehead atoms. The SMILES string of the molecule is CC.CN1CCN(c2ccc3cc(-c4ccccc4Cl)c(=O)oc3c2)CC1. The zero-order chi connectivity index (χ0) is 19.4. The molecule has 27 heavy (non-hydrogen) atoms. The highest BCUT2D eigenvalue weighted by molar-refractivity contribution is 6.33. The summed E-state index contributed by atoms with van der Waals surface area (Å²) in [6, 6.07) is 15.2. The molecule has 2 heterocycles. The largest absolute Gasteiger partial charge is 0.422 e. The zero-order valence-corrected chi connectivity index (χ0v) is 16.8. The lowest BCUT2D eigenvalue weighted by atomic mass is 10.1. The maximum Gasteiger partial charge on any atom is 0.344 e. The number of piperazine rings is 1. The van der Waals surface area contributed by atoms with Gasteiger partial charge in [0.1, 0.15) is 5.58 Å². The molecule has 0 amide bonds. The van der Waals surface area contributed by atoms with Crippen molar-refractivity contribution in [3.8, 4) is 11.1 Å². The Labute approximate surface area is 165 Å². The Morgan fingerprint density at radius 3 is 2.33 bits per heavy atom. The monoisotopic (exact) mass is 384 g/mol. The first kappa shape index (κ1) is 19.5. The van der Waals surface area contributed by atoms with E-state index in [1.807, 2.05) is 50.2 Å². The van der Waals surface area contributed by atoms with Crippen LogP contribution >= 0.6 is 11.6 Å². The number of rotatable bonds is 2. The van der Waals surface area contributed by atoms with Crippen LogP contribution in [0.5, 0.6) is 0 Å². The standard InChI is InChI=1S/C20H19ClN2O2.C2H6/c1-22-8-10-23(11-9-22)15-7-6-14-12-17(20(24)25-19(14)13-15)16-4-2-3-5-18(16)21;1-2/h2-7,12-13H,8-11H2,1H3;1-2H3. The van der Waals surface area contributed by atoms with Gasteiger partial charge in [-0.25, -0.2) is 4.79 Å². The third-order valence-electron chi connectivity index (χ3n) is 4.75. The molecule has 0 spiro atoms. The lowest BCUT2D eigenvalue weighted by Crippen LogP contribution is -2.44. The Bertz CT molecular complexity index is 975. The Morgan fingerprint density at radius 1 is 0.926 bits per heavy atom. The van der Waals surface area contributed by atoms with E-state index in [2.05, 4.69) is 22.9 Å². The molecule has 0 radical (unpaired) electrons. The second-order valence-electron chi connectivity index (χ2n) is 6.44. The first-order valence-electron chi connectivity index (χ1n) is 9.38. The Kier molecular flexibility index (Phi) is 6.19. The first-order chi connectivity index (χ1) is 13.1. The fourth-order valence-corrected chi connectivity index (χ4v) is 3.47. The molecule has 0 atom stereocenters. The van der Waals surface area contributed by atoms with Gasteiger partial charge in [0.05, 0.1) is 5.56 Å². The zero-order valence-electron chi connectivity index (χ0n) is 16.0. The van der Waals surface area contributed by atoms with Crippen molar-refractivity contribution in [1.82, 2.24) is 4.90 Å². The van der Waals surface area contributed by atoms with Gasteiger partial charge < -0.3 is 14.2 Å². The van der Waals surface area contributed by atoms with E-state index in [1.165, 1.54) is 0 Å². The Balaban J connectivity index is 0.00000102. The molecular formula is C22H25ClN2O2. The minimum Gasteiger partial charge on any atom is -0.422 e. The topological polar surface area (TPSA) is 36.7 Å². The number of likely N-dealkylation sites (N-methyl/N-ethyl adjacent to an activating group) is 1. The van der Waals surface area contributed by atoms with Gasteiger partial charge in [-0.2, -0.15) is 0 Å². The number of benzene rings is 2. The minimum absolute atomic E-state index is 0.365. The molecule has 0 N–H and O–H groups in total. The fraction of sp³-hybridized carbons (Fsp3) is 0.318. The van der Waals surface area contributed by atoms with Crippen LogP contribution in [-0.4, -0.2) is 38.1 Å². The molecule has 4 rings (SSSR count). The maximum atomic E-state index is 12.5. The van der Waals surface area contributed by atoms with Crippen molar-refractivity contribution in [2.45, 2.75) is 13.8 Å². The van der Waals surface area contributed by atoms with Crippen LogP contribution < -0.4 is 10.5 Å². The summed E-state index contributed by atoms with van der Waals surface area (Å²) in [4.78, 5) is 17.1. The van der Waals surface area contributed by atoms with Crippen molar-refractivity contribution < 1.29 is 4.42 Å². The molecule has 3 aromatic rings. The molecule has 5 heteroatoms. The molecule has 1 saturated heterocycles. The fourth-order valence-electron chi connectivity index (χ4n) is 3.23. The third-order valence-corrected chi connectivity index (χ3v) is 5.08. The maximum absolute atomic E-state index is 12.5. The predicted octanol–water partition coefficient (Wildman–Crippen LogP) is 4.89. The van der Waals surface area contributed by atoms with E-state index < -0.39 is 0 Å². The van der Waals surface area contributed by atoms with Gasteiger partial charge in [-0.3, -0.25) is 0 Å². The van der Waals surface area contributed by atoms with Gasteiger partial charge in [0.15, 0.2) is 0 Å². The summed E-state index contributed by atoms with van der Waals surface area (Å²) in [5.41, 5.74) is 2.52. The highest BCUT2D eigenvalue weighted by atomic mass is 35.5. The van der Waals surface area contributed by atoms with E-state index in [1.54, 1.807) is 6.07 Å². The molecule has 0 saturated carbocycles. The summed E-state index contributed by atoms with van der Waals surface area (Å²) < 4.78 is 5.60. The van der Waals surface area contributed by atoms with E-state index >= 15 is 0 Å². The third kappa shape index (κ3) is 4.18. The molecule has 142 valence electrons. The molecule has 2 aromatic carbocycles. The first-order valence-corrected chi connectivity index (χ1v) is 9.76. The van der Waals surface area contributed by atoms with E-state index in [4.69, 9.17) is 16.0 Å². The second kappa shape index (κ2) is 8.59. The molecule has 1 aliphatic heterocycles. The van der Waals surface area contributed by atoms with Crippen LogP contribution in [0.1, 0.15) is 13.8 Å². The Hall–Kier alpha value is -2.30. The van der Waals surface area contributed by atoms with Crippen molar-refractivity contribution in [2.75, 3.05) is 38.1 Å². The number of nitrogens with zero attached hydrogens (tertiary/aromatic N) is 2. The van der Waals surface area contributed by atoms with E-state index in [-0.39, 0.29) is 5.63 Å². The smallest absolute Gasteiger partial charge is 0.344 e. The summed E-state index contributed by atoms with van der Waals surface area (Å²) in [5.74, 6) is 0. The number of fused-ring (bicyclic) bond motifs is 1. The summed E-state index contributed by atoms with van der Waals surface area (Å²) >= 11 is 6.23. The molecule has 0 unspecified atom stereocenters. The highest BCUT2D eigenvalue weighted by Gasteiger charge is 2.16. The van der Waals surface area contributed by atoms with Crippen molar-refractivity contribution in [3.05, 3.63) is 64.0 Å². The molecule has 4 nitrogen and oxygen atoms in total. The minimum atomic E-state index is -0.365. The van der Waals surface area contributed by atoms with E-state index in [0.29, 0.717) is 21.7 Å². The van der Waals surface area contributed by atoms with Crippen LogP contribution in [0.15, 0.2) is 57.7 Å². The molecule has 0 aliphatic carbocycles. The number of hydrogen-bond donors (Lipinski definition) is 0. The highest BCUT2D eigenvalue weighted by Crippen LogP contribution is 2.29. The van der Waals surface area contributed by atoms with Crippen molar-refractivity contribution in [3.63, 3.8) is 0 Å². The summed E-state index contributed by atoms with van der Waals surface area (Å²) in [6.07, 6.45) is 0. The molecule has 1 aliphatic rings. The number of anilines is 1. The van der Waals surface area contributed by atoms with Gasteiger partial charge in [-0.05, 0) is 31.3 Å². The van der Waals surface area contributed by atoms with Gasteiger partial charge in [-0.1, -0.05) is 43.6 Å². The molecule has 1 fully saturated rings. The van der Waals surface area contributed by atoms with Crippen LogP contribution in [0, 0.1) is 0 Å². The van der Waals surface area contributed by atoms with Gasteiger partial charge >= 0.3 is 5.63 Å². The van der Waals surface area contributed by atoms with Crippen LogP contribution in [0.25, 0.3) is 22.1 Å². The van der Waals surface area contributed by atoms with Gasteiger partial charge in [0.25, 0.3) is 0 Å². The van der Waals surface area contributed by atoms with Crippen LogP contribution in [0.4, 0.5) is 5.69 Å². The summed E-state index contributed by atoms with van der Waals surface area (Å²) in [7, 11) is 2.13. The predicted molar refractivity (Wildman–Crippen MR) is 114 cm³/mol. The normalized spacial score (nSPS) is 14.7. The summed E-state index contributed by atoms with van der Waals surface area (Å²) in [6.45, 7) is 8.02. The van der Waals surface area contributed by atoms with Crippen molar-refractivity contribution in [1.29, 1.82) is 0 Å². The second-order valence-corrected chi connectivity index (χ2v) is 6.85. The quantitative estimate of drug-likeness (QED) is 0.589. The average Bonchev–Trinajstić information content (AvgIpc) is 2.70. The summed E-state index contributed by atoms with van der Waals surface area (Å²) in [5, 5.41) is 1.44. The van der Waals surface area contributed by atoms with Crippen LogP contribution in [-0.2, 0) is 0 Å². The van der Waals surface area contributed by atoms with Crippen LogP contribution in [0.3, 0.4) is 0 Å². The van der Waals surface area contributed by atoms with Gasteiger partial charge in [-0.15, -0.1) is 0 Å². The van der Waals surface area contributed by atoms with Gasteiger partial charge in [0, 0.05) is 53.9 Å². The number of halogens is 1. The van der Waals surface area contributed by atoms with Crippen LogP contribution in [0.2, 0.25) is 5.02 Å². The van der Waals surface area contributed by atoms with Gasteiger partial charge in [0.2, 0.25) is 0 Å². The van der Waals surface area contributed by atoms with E-state index in [0.717, 1.165) is 37.3 Å². The molecular weight excluding hydrogens is 360 g/mol. The van der Waals surface area contributed by atoms with E-state index in [9.17, 15) is 4.79 Å². The Morgan fingerprint density at radius 2 is 1.63 bits per heavy atom. The number of hydrogen-bond acceptors (Lipinski definition) is 4. The average molecular weight is 385 g/mol.